The van der Waals surface area contributed by atoms with Crippen LogP contribution in [0.1, 0.15) is 37.3 Å². The van der Waals surface area contributed by atoms with Crippen LogP contribution in [0.15, 0.2) is 36.7 Å². The van der Waals surface area contributed by atoms with Gasteiger partial charge in [-0.3, -0.25) is 5.10 Å². The SMILES string of the molecule is N[C@H]1CCCC(c2nc(Nc3ccc4cn[nH]c4c3)nc3[nH]ccc23)C1. The third-order valence-electron chi connectivity index (χ3n) is 5.24. The van der Waals surface area contributed by atoms with Gasteiger partial charge >= 0.3 is 0 Å². The molecule has 26 heavy (non-hydrogen) atoms. The van der Waals surface area contributed by atoms with Crippen molar-refractivity contribution in [3.63, 3.8) is 0 Å². The van der Waals surface area contributed by atoms with Gasteiger partial charge in [0.25, 0.3) is 0 Å². The second kappa shape index (κ2) is 6.10. The minimum Gasteiger partial charge on any atom is -0.346 e. The van der Waals surface area contributed by atoms with Gasteiger partial charge in [-0.25, -0.2) is 4.98 Å². The second-order valence-electron chi connectivity index (χ2n) is 7.09. The molecule has 1 unspecified atom stereocenters. The molecule has 5 rings (SSSR count). The van der Waals surface area contributed by atoms with Gasteiger partial charge < -0.3 is 16.0 Å². The predicted octanol–water partition coefficient (Wildman–Crippen LogP) is 3.56. The number of benzene rings is 1. The van der Waals surface area contributed by atoms with Crippen LogP contribution in [0.3, 0.4) is 0 Å². The first-order valence-corrected chi connectivity index (χ1v) is 9.07. The molecule has 5 N–H and O–H groups in total. The number of nitrogens with zero attached hydrogens (tertiary/aromatic N) is 3. The Bertz CT molecular complexity index is 1060. The molecule has 2 atom stereocenters. The molecule has 0 amide bonds. The first kappa shape index (κ1) is 15.3. The Labute approximate surface area is 150 Å². The third-order valence-corrected chi connectivity index (χ3v) is 5.24. The van der Waals surface area contributed by atoms with Crippen molar-refractivity contribution < 1.29 is 0 Å². The number of anilines is 2. The monoisotopic (exact) mass is 347 g/mol. The molecule has 7 heteroatoms. The van der Waals surface area contributed by atoms with E-state index in [1.807, 2.05) is 30.6 Å². The van der Waals surface area contributed by atoms with Gasteiger partial charge in [0.05, 0.1) is 17.4 Å². The summed E-state index contributed by atoms with van der Waals surface area (Å²) in [4.78, 5) is 12.7. The Balaban J connectivity index is 1.53. The van der Waals surface area contributed by atoms with Crippen molar-refractivity contribution in [2.24, 2.45) is 5.73 Å². The number of aromatic nitrogens is 5. The highest BCUT2D eigenvalue weighted by Crippen LogP contribution is 2.35. The minimum absolute atomic E-state index is 0.261. The number of H-pyrrole nitrogens is 2. The molecule has 0 radical (unpaired) electrons. The van der Waals surface area contributed by atoms with E-state index in [0.29, 0.717) is 11.9 Å². The lowest BCUT2D eigenvalue weighted by Gasteiger charge is -2.26. The van der Waals surface area contributed by atoms with Crippen LogP contribution in [0.25, 0.3) is 21.9 Å². The summed E-state index contributed by atoms with van der Waals surface area (Å²) in [7, 11) is 0. The van der Waals surface area contributed by atoms with Crippen LogP contribution >= 0.6 is 0 Å². The first-order valence-electron chi connectivity index (χ1n) is 9.07. The average Bonchev–Trinajstić information content (AvgIpc) is 3.29. The van der Waals surface area contributed by atoms with E-state index >= 15 is 0 Å². The molecule has 1 aliphatic carbocycles. The van der Waals surface area contributed by atoms with Crippen LogP contribution in [0.5, 0.6) is 0 Å². The van der Waals surface area contributed by atoms with Gasteiger partial charge in [0, 0.05) is 34.6 Å². The fraction of sp³-hybridized carbons (Fsp3) is 0.316. The normalized spacial score (nSPS) is 20.7. The number of rotatable bonds is 3. The minimum atomic E-state index is 0.261. The molecule has 132 valence electrons. The summed E-state index contributed by atoms with van der Waals surface area (Å²) < 4.78 is 0. The molecule has 0 bridgehead atoms. The first-order chi connectivity index (χ1) is 12.8. The Morgan fingerprint density at radius 2 is 2.12 bits per heavy atom. The molecule has 3 heterocycles. The topological polar surface area (TPSA) is 108 Å². The summed E-state index contributed by atoms with van der Waals surface area (Å²) in [6, 6.07) is 8.37. The summed E-state index contributed by atoms with van der Waals surface area (Å²) in [5.74, 6) is 0.989. The van der Waals surface area contributed by atoms with E-state index in [0.717, 1.165) is 59.0 Å². The van der Waals surface area contributed by atoms with Crippen molar-refractivity contribution >= 4 is 33.6 Å². The lowest BCUT2D eigenvalue weighted by atomic mass is 9.83. The van der Waals surface area contributed by atoms with E-state index < -0.39 is 0 Å². The molecule has 7 nitrogen and oxygen atoms in total. The van der Waals surface area contributed by atoms with Gasteiger partial charge in [-0.2, -0.15) is 10.1 Å². The molecule has 0 spiro atoms. The highest BCUT2D eigenvalue weighted by atomic mass is 15.1. The van der Waals surface area contributed by atoms with Gasteiger partial charge in [0.2, 0.25) is 5.95 Å². The molecule has 1 aliphatic rings. The van der Waals surface area contributed by atoms with Crippen molar-refractivity contribution in [3.8, 4) is 0 Å². The maximum Gasteiger partial charge on any atom is 0.229 e. The van der Waals surface area contributed by atoms with E-state index in [1.165, 1.54) is 0 Å². The van der Waals surface area contributed by atoms with Crippen molar-refractivity contribution in [1.82, 2.24) is 25.1 Å². The maximum absolute atomic E-state index is 6.21. The van der Waals surface area contributed by atoms with Crippen LogP contribution in [-0.2, 0) is 0 Å². The number of nitrogens with one attached hydrogen (secondary N) is 3. The van der Waals surface area contributed by atoms with E-state index in [2.05, 4.69) is 31.5 Å². The Morgan fingerprint density at radius 3 is 3.04 bits per heavy atom. The van der Waals surface area contributed by atoms with Gasteiger partial charge in [-0.1, -0.05) is 6.42 Å². The Kier molecular flexibility index (Phi) is 3.60. The zero-order valence-electron chi connectivity index (χ0n) is 14.4. The average molecular weight is 347 g/mol. The molecule has 1 aromatic carbocycles. The van der Waals surface area contributed by atoms with Crippen LogP contribution in [0.4, 0.5) is 11.6 Å². The second-order valence-corrected chi connectivity index (χ2v) is 7.09. The molecule has 0 aliphatic heterocycles. The number of hydrogen-bond donors (Lipinski definition) is 4. The molecule has 3 aromatic heterocycles. The van der Waals surface area contributed by atoms with Crippen LogP contribution in [0.2, 0.25) is 0 Å². The Hall–Kier alpha value is -2.93. The number of aromatic amines is 2. The maximum atomic E-state index is 6.21. The molecular weight excluding hydrogens is 326 g/mol. The van der Waals surface area contributed by atoms with E-state index in [1.54, 1.807) is 0 Å². The Morgan fingerprint density at radius 1 is 1.15 bits per heavy atom. The van der Waals surface area contributed by atoms with Gasteiger partial charge in [-0.05, 0) is 43.5 Å². The van der Waals surface area contributed by atoms with Crippen LogP contribution in [0, 0.1) is 0 Å². The predicted molar refractivity (Wildman–Crippen MR) is 102 cm³/mol. The summed E-state index contributed by atoms with van der Waals surface area (Å²) in [5, 5.41) is 12.6. The summed E-state index contributed by atoms with van der Waals surface area (Å²) >= 11 is 0. The van der Waals surface area contributed by atoms with Gasteiger partial charge in [0.1, 0.15) is 5.65 Å². The lowest BCUT2D eigenvalue weighted by molar-refractivity contribution is 0.390. The molecular formula is C19H21N7. The summed E-state index contributed by atoms with van der Waals surface area (Å²) in [6.07, 6.45) is 8.10. The van der Waals surface area contributed by atoms with Gasteiger partial charge in [0.15, 0.2) is 0 Å². The van der Waals surface area contributed by atoms with Crippen molar-refractivity contribution in [3.05, 3.63) is 42.4 Å². The highest BCUT2D eigenvalue weighted by molar-refractivity contribution is 5.83. The zero-order valence-corrected chi connectivity index (χ0v) is 14.4. The van der Waals surface area contributed by atoms with E-state index in [9.17, 15) is 0 Å². The fourth-order valence-electron chi connectivity index (χ4n) is 3.95. The molecule has 0 saturated heterocycles. The number of nitrogens with two attached hydrogens (primary N) is 1. The standard InChI is InChI=1S/C19H21N7/c20-13-3-1-2-11(8-13)17-15-6-7-21-18(15)25-19(24-17)23-14-5-4-12-10-22-26-16(12)9-14/h4-7,9-11,13H,1-3,8,20H2,(H,22,26)(H2,21,23,24,25)/t11?,13-/m0/s1. The highest BCUT2D eigenvalue weighted by Gasteiger charge is 2.24. The molecule has 1 fully saturated rings. The van der Waals surface area contributed by atoms with E-state index in [-0.39, 0.29) is 6.04 Å². The van der Waals surface area contributed by atoms with E-state index in [4.69, 9.17) is 10.7 Å². The zero-order chi connectivity index (χ0) is 17.5. The number of fused-ring (bicyclic) bond motifs is 2. The largest absolute Gasteiger partial charge is 0.346 e. The number of hydrogen-bond acceptors (Lipinski definition) is 5. The fourth-order valence-corrected chi connectivity index (χ4v) is 3.95. The molecule has 1 saturated carbocycles. The summed E-state index contributed by atoms with van der Waals surface area (Å²) in [6.45, 7) is 0. The lowest BCUT2D eigenvalue weighted by Crippen LogP contribution is -2.27. The van der Waals surface area contributed by atoms with Gasteiger partial charge in [-0.15, -0.1) is 0 Å². The van der Waals surface area contributed by atoms with Crippen molar-refractivity contribution in [2.75, 3.05) is 5.32 Å². The van der Waals surface area contributed by atoms with Crippen molar-refractivity contribution in [1.29, 1.82) is 0 Å². The molecule has 4 aromatic rings. The van der Waals surface area contributed by atoms with Crippen molar-refractivity contribution in [2.45, 2.75) is 37.6 Å². The smallest absolute Gasteiger partial charge is 0.229 e. The quantitative estimate of drug-likeness (QED) is 0.453. The summed E-state index contributed by atoms with van der Waals surface area (Å²) in [5.41, 5.74) is 10.1. The third kappa shape index (κ3) is 2.70. The van der Waals surface area contributed by atoms with Crippen LogP contribution in [-0.4, -0.2) is 31.2 Å². The van der Waals surface area contributed by atoms with Crippen LogP contribution < -0.4 is 11.1 Å².